The van der Waals surface area contributed by atoms with Crippen LogP contribution in [0.3, 0.4) is 0 Å². The third-order valence-corrected chi connectivity index (χ3v) is 6.57. The van der Waals surface area contributed by atoms with Crippen LogP contribution in [0.2, 0.25) is 0 Å². The van der Waals surface area contributed by atoms with E-state index in [0.29, 0.717) is 29.8 Å². The highest BCUT2D eigenvalue weighted by Crippen LogP contribution is 2.18. The Morgan fingerprint density at radius 2 is 1.63 bits per heavy atom. The van der Waals surface area contributed by atoms with Crippen LogP contribution >= 0.6 is 0 Å². The predicted molar refractivity (Wildman–Crippen MR) is 121 cm³/mol. The fourth-order valence-electron chi connectivity index (χ4n) is 3.40. The van der Waals surface area contributed by atoms with Crippen LogP contribution in [0, 0.1) is 6.92 Å². The van der Waals surface area contributed by atoms with Crippen molar-refractivity contribution < 1.29 is 13.2 Å². The van der Waals surface area contributed by atoms with E-state index < -0.39 is 10.0 Å². The molecule has 2 rings (SSSR count). The van der Waals surface area contributed by atoms with Gasteiger partial charge in [-0.25, -0.2) is 13.1 Å². The van der Waals surface area contributed by atoms with E-state index in [1.54, 1.807) is 19.1 Å². The first kappa shape index (κ1) is 24.1. The summed E-state index contributed by atoms with van der Waals surface area (Å²) in [5, 5.41) is 2.90. The molecule has 0 atom stereocenters. The van der Waals surface area contributed by atoms with E-state index in [0.717, 1.165) is 12.1 Å². The van der Waals surface area contributed by atoms with Gasteiger partial charge in [-0.3, -0.25) is 9.69 Å². The molecule has 30 heavy (non-hydrogen) atoms. The molecular weight excluding hydrogens is 398 g/mol. The summed E-state index contributed by atoms with van der Waals surface area (Å²) < 4.78 is 28.2. The maximum absolute atomic E-state index is 12.8. The summed E-state index contributed by atoms with van der Waals surface area (Å²) in [5.41, 5.74) is 1.80. The van der Waals surface area contributed by atoms with E-state index >= 15 is 0 Å². The number of aryl methyl sites for hydroxylation is 1. The number of carbonyl (C=O) groups is 1. The monoisotopic (exact) mass is 431 g/mol. The van der Waals surface area contributed by atoms with Gasteiger partial charge < -0.3 is 5.32 Å². The predicted octanol–water partition coefficient (Wildman–Crippen LogP) is 3.32. The van der Waals surface area contributed by atoms with Gasteiger partial charge in [-0.2, -0.15) is 0 Å². The van der Waals surface area contributed by atoms with E-state index in [9.17, 15) is 13.2 Å². The Labute approximate surface area is 180 Å². The number of sulfonamides is 1. The van der Waals surface area contributed by atoms with E-state index in [4.69, 9.17) is 0 Å². The molecule has 1 amide bonds. The first-order valence-electron chi connectivity index (χ1n) is 10.3. The molecule has 2 aromatic carbocycles. The summed E-state index contributed by atoms with van der Waals surface area (Å²) in [6.07, 6.45) is 0. The molecule has 7 heteroatoms. The Bertz CT molecular complexity index is 933. The molecule has 0 saturated heterocycles. The van der Waals surface area contributed by atoms with Crippen LogP contribution in [-0.2, 0) is 16.6 Å². The van der Waals surface area contributed by atoms with Gasteiger partial charge in [0.2, 0.25) is 10.0 Å². The van der Waals surface area contributed by atoms with Crippen molar-refractivity contribution in [2.24, 2.45) is 0 Å². The molecule has 0 aromatic heterocycles. The Morgan fingerprint density at radius 1 is 1.00 bits per heavy atom. The molecule has 0 saturated carbocycles. The second-order valence-electron chi connectivity index (χ2n) is 7.97. The molecule has 2 aromatic rings. The van der Waals surface area contributed by atoms with Crippen LogP contribution in [0.15, 0.2) is 53.4 Å². The molecule has 0 unspecified atom stereocenters. The van der Waals surface area contributed by atoms with Crippen LogP contribution in [0.25, 0.3) is 0 Å². The number of hydrogen-bond acceptors (Lipinski definition) is 4. The summed E-state index contributed by atoms with van der Waals surface area (Å²) in [6.45, 7) is 11.7. The fourth-order valence-corrected chi connectivity index (χ4v) is 4.68. The highest BCUT2D eigenvalue weighted by molar-refractivity contribution is 7.89. The number of benzene rings is 2. The number of rotatable bonds is 10. The number of nitrogens with zero attached hydrogens (tertiary/aromatic N) is 1. The lowest BCUT2D eigenvalue weighted by Crippen LogP contribution is -2.42. The third kappa shape index (κ3) is 6.65. The van der Waals surface area contributed by atoms with Crippen LogP contribution in [0.4, 0.5) is 0 Å². The minimum atomic E-state index is -3.74. The molecule has 0 aliphatic rings. The van der Waals surface area contributed by atoms with Gasteiger partial charge >= 0.3 is 0 Å². The van der Waals surface area contributed by atoms with E-state index in [1.165, 1.54) is 6.07 Å². The molecule has 0 aliphatic carbocycles. The van der Waals surface area contributed by atoms with E-state index in [-0.39, 0.29) is 17.3 Å². The second kappa shape index (κ2) is 10.7. The fraction of sp³-hybridized carbons (Fsp3) is 0.435. The minimum Gasteiger partial charge on any atom is -0.351 e. The molecule has 0 radical (unpaired) electrons. The zero-order valence-electron chi connectivity index (χ0n) is 18.5. The summed E-state index contributed by atoms with van der Waals surface area (Å²) in [5.74, 6) is -0.276. The first-order valence-corrected chi connectivity index (χ1v) is 11.8. The standard InChI is InChI=1S/C23H33N3O3S/c1-17(2)26(18(3)4)14-13-24-23(27)21-12-11-19(5)22(15-21)30(28,29)25-16-20-9-7-6-8-10-20/h6-12,15,17-18,25H,13-14,16H2,1-5H3,(H,24,27). The molecule has 0 bridgehead atoms. The largest absolute Gasteiger partial charge is 0.351 e. The van der Waals surface area contributed by atoms with Crippen molar-refractivity contribution in [3.8, 4) is 0 Å². The lowest BCUT2D eigenvalue weighted by atomic mass is 10.1. The summed E-state index contributed by atoms with van der Waals surface area (Å²) in [4.78, 5) is 15.0. The van der Waals surface area contributed by atoms with Crippen molar-refractivity contribution in [3.63, 3.8) is 0 Å². The summed E-state index contributed by atoms with van der Waals surface area (Å²) >= 11 is 0. The highest BCUT2D eigenvalue weighted by Gasteiger charge is 2.19. The van der Waals surface area contributed by atoms with Crippen LogP contribution < -0.4 is 10.0 Å². The van der Waals surface area contributed by atoms with Crippen LogP contribution in [0.1, 0.15) is 49.2 Å². The zero-order valence-corrected chi connectivity index (χ0v) is 19.3. The average Bonchev–Trinajstić information content (AvgIpc) is 2.70. The molecule has 0 aliphatic heterocycles. The first-order chi connectivity index (χ1) is 14.1. The van der Waals surface area contributed by atoms with E-state index in [2.05, 4.69) is 42.6 Å². The van der Waals surface area contributed by atoms with Crippen molar-refractivity contribution in [1.82, 2.24) is 14.9 Å². The molecular formula is C23H33N3O3S. The number of hydrogen-bond donors (Lipinski definition) is 2. The zero-order chi connectivity index (χ0) is 22.3. The maximum atomic E-state index is 12.8. The molecule has 164 valence electrons. The Morgan fingerprint density at radius 3 is 2.23 bits per heavy atom. The molecule has 0 fully saturated rings. The third-order valence-electron chi connectivity index (χ3n) is 5.03. The maximum Gasteiger partial charge on any atom is 0.251 e. The van der Waals surface area contributed by atoms with Crippen LogP contribution in [0.5, 0.6) is 0 Å². The van der Waals surface area contributed by atoms with Gasteiger partial charge in [-0.15, -0.1) is 0 Å². The Hall–Kier alpha value is -2.22. The Balaban J connectivity index is 2.07. The SMILES string of the molecule is Cc1ccc(C(=O)NCCN(C(C)C)C(C)C)cc1S(=O)(=O)NCc1ccccc1. The van der Waals surface area contributed by atoms with Crippen LogP contribution in [-0.4, -0.2) is 44.4 Å². The van der Waals surface area contributed by atoms with Gasteiger partial charge in [0.15, 0.2) is 0 Å². The molecule has 0 heterocycles. The van der Waals surface area contributed by atoms with Gasteiger partial charge in [0.05, 0.1) is 4.90 Å². The van der Waals surface area contributed by atoms with Gasteiger partial charge in [-0.1, -0.05) is 36.4 Å². The molecule has 6 nitrogen and oxygen atoms in total. The highest BCUT2D eigenvalue weighted by atomic mass is 32.2. The van der Waals surface area contributed by atoms with Crippen molar-refractivity contribution in [1.29, 1.82) is 0 Å². The summed E-state index contributed by atoms with van der Waals surface area (Å²) in [7, 11) is -3.74. The van der Waals surface area contributed by atoms with Gasteiger partial charge in [0.1, 0.15) is 0 Å². The second-order valence-corrected chi connectivity index (χ2v) is 9.71. The van der Waals surface area contributed by atoms with Crippen molar-refractivity contribution >= 4 is 15.9 Å². The molecule has 2 N–H and O–H groups in total. The van der Waals surface area contributed by atoms with E-state index in [1.807, 2.05) is 30.3 Å². The van der Waals surface area contributed by atoms with Crippen molar-refractivity contribution in [2.75, 3.05) is 13.1 Å². The normalized spacial score (nSPS) is 12.0. The lowest BCUT2D eigenvalue weighted by Gasteiger charge is -2.30. The number of nitrogens with one attached hydrogen (secondary N) is 2. The number of amides is 1. The smallest absolute Gasteiger partial charge is 0.251 e. The van der Waals surface area contributed by atoms with Crippen molar-refractivity contribution in [2.45, 2.75) is 58.1 Å². The van der Waals surface area contributed by atoms with Gasteiger partial charge in [-0.05, 0) is 57.9 Å². The van der Waals surface area contributed by atoms with Gasteiger partial charge in [0, 0.05) is 37.3 Å². The summed E-state index contributed by atoms with van der Waals surface area (Å²) in [6, 6.07) is 14.9. The van der Waals surface area contributed by atoms with Gasteiger partial charge in [0.25, 0.3) is 5.91 Å². The topological polar surface area (TPSA) is 78.5 Å². The molecule has 0 spiro atoms. The number of carbonyl (C=O) groups excluding carboxylic acids is 1. The quantitative estimate of drug-likeness (QED) is 0.605. The average molecular weight is 432 g/mol. The Kier molecular flexibility index (Phi) is 8.58. The lowest BCUT2D eigenvalue weighted by molar-refractivity contribution is 0.0939. The minimum absolute atomic E-state index is 0.122. The van der Waals surface area contributed by atoms with Crippen molar-refractivity contribution in [3.05, 3.63) is 65.2 Å².